The minimum Gasteiger partial charge on any atom is -0.478 e. The van der Waals surface area contributed by atoms with Crippen LogP contribution in [-0.4, -0.2) is 22.8 Å². The lowest BCUT2D eigenvalue weighted by atomic mass is 10.1. The Morgan fingerprint density at radius 1 is 0.824 bits per heavy atom. The number of unbranched alkanes of at least 4 members (excludes halogenated alkanes) is 9. The third-order valence-corrected chi connectivity index (χ3v) is 2.79. The molecule has 0 saturated heterocycles. The predicted octanol–water partition coefficient (Wildman–Crippen LogP) is 3.52. The highest BCUT2D eigenvalue weighted by Gasteiger charge is 1.92. The molecule has 0 amide bonds. The molecule has 17 heavy (non-hydrogen) atoms. The fourth-order valence-corrected chi connectivity index (χ4v) is 1.80. The maximum Gasteiger partial charge on any atom is 0.327 e. The zero-order valence-electron chi connectivity index (χ0n) is 10.7. The van der Waals surface area contributed by atoms with Crippen molar-refractivity contribution < 1.29 is 15.0 Å². The molecular formula is C14H26O3. The maximum absolute atomic E-state index is 10.2. The van der Waals surface area contributed by atoms with Gasteiger partial charge in [0, 0.05) is 12.7 Å². The Morgan fingerprint density at radius 3 is 1.76 bits per heavy atom. The van der Waals surface area contributed by atoms with Gasteiger partial charge in [0.1, 0.15) is 0 Å². The monoisotopic (exact) mass is 242 g/mol. The topological polar surface area (TPSA) is 57.5 Å². The first-order chi connectivity index (χ1) is 8.27. The molecule has 0 fully saturated rings. The Morgan fingerprint density at radius 2 is 1.29 bits per heavy atom. The van der Waals surface area contributed by atoms with Gasteiger partial charge in [-0.1, -0.05) is 51.0 Å². The normalized spacial score (nSPS) is 11.1. The van der Waals surface area contributed by atoms with E-state index in [9.17, 15) is 4.79 Å². The van der Waals surface area contributed by atoms with Crippen LogP contribution < -0.4 is 0 Å². The largest absolute Gasteiger partial charge is 0.478 e. The van der Waals surface area contributed by atoms with E-state index in [1.165, 1.54) is 44.6 Å². The number of aliphatic hydroxyl groups excluding tert-OH is 1. The Balaban J connectivity index is 3.01. The van der Waals surface area contributed by atoms with Gasteiger partial charge in [0.15, 0.2) is 0 Å². The molecule has 0 bridgehead atoms. The van der Waals surface area contributed by atoms with Crippen LogP contribution in [0.3, 0.4) is 0 Å². The van der Waals surface area contributed by atoms with Gasteiger partial charge in [0.25, 0.3) is 0 Å². The SMILES string of the molecule is O=C(O)C=CCCCCCCCCCCCO. The van der Waals surface area contributed by atoms with Gasteiger partial charge in [-0.2, -0.15) is 0 Å². The highest BCUT2D eigenvalue weighted by Crippen LogP contribution is 2.10. The van der Waals surface area contributed by atoms with Crippen molar-refractivity contribution in [2.45, 2.75) is 64.2 Å². The summed E-state index contributed by atoms with van der Waals surface area (Å²) < 4.78 is 0. The minimum absolute atomic E-state index is 0.323. The molecule has 0 aliphatic carbocycles. The van der Waals surface area contributed by atoms with Crippen LogP contribution in [0.4, 0.5) is 0 Å². The first kappa shape index (κ1) is 16.2. The van der Waals surface area contributed by atoms with E-state index in [2.05, 4.69) is 0 Å². The van der Waals surface area contributed by atoms with Crippen molar-refractivity contribution in [3.05, 3.63) is 12.2 Å². The van der Waals surface area contributed by atoms with Crippen LogP contribution in [0.5, 0.6) is 0 Å². The summed E-state index contributed by atoms with van der Waals surface area (Å²) in [5.74, 6) is -0.854. The summed E-state index contributed by atoms with van der Waals surface area (Å²) in [7, 11) is 0. The second-order valence-electron chi connectivity index (χ2n) is 4.43. The van der Waals surface area contributed by atoms with Crippen LogP contribution in [0.2, 0.25) is 0 Å². The van der Waals surface area contributed by atoms with Crippen molar-refractivity contribution in [1.82, 2.24) is 0 Å². The highest BCUT2D eigenvalue weighted by atomic mass is 16.4. The molecule has 0 aromatic rings. The van der Waals surface area contributed by atoms with Gasteiger partial charge in [-0.3, -0.25) is 0 Å². The zero-order chi connectivity index (χ0) is 12.8. The van der Waals surface area contributed by atoms with Gasteiger partial charge in [-0.05, 0) is 19.3 Å². The maximum atomic E-state index is 10.2. The van der Waals surface area contributed by atoms with Gasteiger partial charge < -0.3 is 10.2 Å². The van der Waals surface area contributed by atoms with Crippen LogP contribution in [0.1, 0.15) is 64.2 Å². The van der Waals surface area contributed by atoms with Gasteiger partial charge in [0.05, 0.1) is 0 Å². The summed E-state index contributed by atoms with van der Waals surface area (Å²) >= 11 is 0. The second-order valence-corrected chi connectivity index (χ2v) is 4.43. The number of aliphatic carboxylic acids is 1. The number of hydrogen-bond acceptors (Lipinski definition) is 2. The van der Waals surface area contributed by atoms with Crippen molar-refractivity contribution in [3.8, 4) is 0 Å². The zero-order valence-corrected chi connectivity index (χ0v) is 10.7. The van der Waals surface area contributed by atoms with Gasteiger partial charge in [-0.25, -0.2) is 4.79 Å². The van der Waals surface area contributed by atoms with Crippen molar-refractivity contribution in [2.75, 3.05) is 6.61 Å². The lowest BCUT2D eigenvalue weighted by Crippen LogP contribution is -1.86. The number of allylic oxidation sites excluding steroid dienone is 1. The van der Waals surface area contributed by atoms with E-state index < -0.39 is 5.97 Å². The van der Waals surface area contributed by atoms with Crippen molar-refractivity contribution in [1.29, 1.82) is 0 Å². The standard InChI is InChI=1S/C14H26O3/c15-13-11-9-7-5-3-1-2-4-6-8-10-12-14(16)17/h10,12,15H,1-9,11,13H2,(H,16,17). The second kappa shape index (κ2) is 13.2. The molecule has 0 heterocycles. The Kier molecular flexibility index (Phi) is 12.6. The fourth-order valence-electron chi connectivity index (χ4n) is 1.80. The number of hydrogen-bond donors (Lipinski definition) is 2. The third kappa shape index (κ3) is 15.2. The van der Waals surface area contributed by atoms with E-state index in [1.54, 1.807) is 6.08 Å². The van der Waals surface area contributed by atoms with E-state index >= 15 is 0 Å². The van der Waals surface area contributed by atoms with Crippen LogP contribution in [0.15, 0.2) is 12.2 Å². The van der Waals surface area contributed by atoms with Gasteiger partial charge in [0.2, 0.25) is 0 Å². The minimum atomic E-state index is -0.854. The van der Waals surface area contributed by atoms with Crippen LogP contribution in [-0.2, 0) is 4.79 Å². The predicted molar refractivity (Wildman–Crippen MR) is 70.0 cm³/mol. The molecule has 0 aromatic carbocycles. The number of carboxylic acid groups (broad SMARTS) is 1. The molecular weight excluding hydrogens is 216 g/mol. The van der Waals surface area contributed by atoms with Crippen molar-refractivity contribution in [3.63, 3.8) is 0 Å². The smallest absolute Gasteiger partial charge is 0.327 e. The van der Waals surface area contributed by atoms with E-state index in [0.29, 0.717) is 6.61 Å². The molecule has 0 radical (unpaired) electrons. The summed E-state index contributed by atoms with van der Waals surface area (Å²) in [5.41, 5.74) is 0. The molecule has 3 nitrogen and oxygen atoms in total. The van der Waals surface area contributed by atoms with Crippen LogP contribution >= 0.6 is 0 Å². The number of rotatable bonds is 12. The molecule has 100 valence electrons. The summed E-state index contributed by atoms with van der Waals surface area (Å²) in [4.78, 5) is 10.2. The van der Waals surface area contributed by atoms with E-state index in [1.807, 2.05) is 0 Å². The highest BCUT2D eigenvalue weighted by molar-refractivity contribution is 5.79. The average Bonchev–Trinajstić information content (AvgIpc) is 2.30. The quantitative estimate of drug-likeness (QED) is 0.406. The van der Waals surface area contributed by atoms with Crippen molar-refractivity contribution >= 4 is 5.97 Å². The molecule has 0 aliphatic heterocycles. The van der Waals surface area contributed by atoms with E-state index in [4.69, 9.17) is 10.2 Å². The fraction of sp³-hybridized carbons (Fsp3) is 0.786. The Labute approximate surface area is 105 Å². The number of aliphatic hydroxyl groups is 1. The van der Waals surface area contributed by atoms with Crippen LogP contribution in [0.25, 0.3) is 0 Å². The third-order valence-electron chi connectivity index (χ3n) is 2.79. The number of carbonyl (C=O) groups is 1. The molecule has 0 unspecified atom stereocenters. The molecule has 0 aliphatic rings. The Bertz CT molecular complexity index is 200. The average molecular weight is 242 g/mol. The van der Waals surface area contributed by atoms with Gasteiger partial charge >= 0.3 is 5.97 Å². The first-order valence-corrected chi connectivity index (χ1v) is 6.77. The molecule has 0 atom stereocenters. The summed E-state index contributed by atoms with van der Waals surface area (Å²) in [6.45, 7) is 0.323. The summed E-state index contributed by atoms with van der Waals surface area (Å²) in [6.07, 6.45) is 14.5. The molecule has 0 aromatic heterocycles. The van der Waals surface area contributed by atoms with Crippen molar-refractivity contribution in [2.24, 2.45) is 0 Å². The molecule has 0 saturated carbocycles. The summed E-state index contributed by atoms with van der Waals surface area (Å²) in [6, 6.07) is 0. The van der Waals surface area contributed by atoms with E-state index in [0.717, 1.165) is 25.7 Å². The van der Waals surface area contributed by atoms with E-state index in [-0.39, 0.29) is 0 Å². The molecule has 0 spiro atoms. The molecule has 3 heteroatoms. The van der Waals surface area contributed by atoms with Crippen LogP contribution in [0, 0.1) is 0 Å². The summed E-state index contributed by atoms with van der Waals surface area (Å²) in [5, 5.41) is 17.0. The Hall–Kier alpha value is -0.830. The lowest BCUT2D eigenvalue weighted by Gasteiger charge is -2.00. The number of carboxylic acids is 1. The first-order valence-electron chi connectivity index (χ1n) is 6.77. The lowest BCUT2D eigenvalue weighted by molar-refractivity contribution is -0.131. The van der Waals surface area contributed by atoms with Gasteiger partial charge in [-0.15, -0.1) is 0 Å². The molecule has 0 rings (SSSR count). The molecule has 2 N–H and O–H groups in total.